The van der Waals surface area contributed by atoms with Crippen LogP contribution in [0.3, 0.4) is 0 Å². The number of aryl methyl sites for hydroxylation is 2. The summed E-state index contributed by atoms with van der Waals surface area (Å²) in [5.41, 5.74) is 12.4. The molecule has 7 N–H and O–H groups in total. The molecule has 33 heavy (non-hydrogen) atoms. The molecule has 0 radical (unpaired) electrons. The van der Waals surface area contributed by atoms with E-state index in [2.05, 4.69) is 20.6 Å². The third-order valence-corrected chi connectivity index (χ3v) is 7.95. The summed E-state index contributed by atoms with van der Waals surface area (Å²) in [6.07, 6.45) is 2.39. The van der Waals surface area contributed by atoms with Crippen molar-refractivity contribution in [3.63, 3.8) is 0 Å². The molecule has 180 valence electrons. The number of pyridine rings is 1. The Kier molecular flexibility index (Phi) is 5.97. The number of aromatic nitrogens is 3. The fraction of sp³-hybridized carbons (Fsp3) is 0.550. The zero-order chi connectivity index (χ0) is 24.0. The topological polar surface area (TPSA) is 191 Å². The number of hydrogen-bond acceptors (Lipinski definition) is 9. The van der Waals surface area contributed by atoms with Crippen molar-refractivity contribution in [1.82, 2.24) is 14.8 Å². The Morgan fingerprint density at radius 1 is 1.33 bits per heavy atom. The maximum atomic E-state index is 12.1. The van der Waals surface area contributed by atoms with E-state index in [4.69, 9.17) is 16.3 Å². The summed E-state index contributed by atoms with van der Waals surface area (Å²) in [6.45, 7) is 4.49. The molecule has 0 bridgehead atoms. The number of amides is 2. The smallest absolute Gasteiger partial charge is 0.265 e. The van der Waals surface area contributed by atoms with Gasteiger partial charge in [-0.1, -0.05) is 5.16 Å². The van der Waals surface area contributed by atoms with E-state index in [1.165, 1.54) is 0 Å². The Labute approximate surface area is 192 Å². The van der Waals surface area contributed by atoms with Crippen molar-refractivity contribution in [1.29, 1.82) is 0 Å². The van der Waals surface area contributed by atoms with Gasteiger partial charge in [-0.05, 0) is 26.7 Å². The molecule has 13 heteroatoms. The van der Waals surface area contributed by atoms with E-state index in [9.17, 15) is 18.7 Å². The van der Waals surface area contributed by atoms with Crippen LogP contribution in [-0.4, -0.2) is 64.5 Å². The van der Waals surface area contributed by atoms with Gasteiger partial charge in [-0.3, -0.25) is 18.7 Å². The van der Waals surface area contributed by atoms with Gasteiger partial charge in [0, 0.05) is 42.3 Å². The number of nitrogens with zero attached hydrogens (tertiary/aromatic N) is 4. The summed E-state index contributed by atoms with van der Waals surface area (Å²) in [4.78, 5) is 33.7. The minimum Gasteiger partial charge on any atom is -0.381 e. The Bertz CT molecular complexity index is 1140. The molecule has 0 aliphatic carbocycles. The van der Waals surface area contributed by atoms with Gasteiger partial charge >= 0.3 is 0 Å². The Hall–Kier alpha value is -2.90. The van der Waals surface area contributed by atoms with Gasteiger partial charge in [-0.2, -0.15) is 15.7 Å². The summed E-state index contributed by atoms with van der Waals surface area (Å²) in [7, 11) is -2.53. The number of rotatable bonds is 7. The van der Waals surface area contributed by atoms with Crippen LogP contribution >= 0.6 is 10.6 Å². The van der Waals surface area contributed by atoms with Gasteiger partial charge in [-0.25, -0.2) is 9.67 Å². The molecule has 12 nitrogen and oxygen atoms in total. The third kappa shape index (κ3) is 4.35. The fourth-order valence-corrected chi connectivity index (χ4v) is 5.91. The number of carbonyl (C=O) groups is 2. The van der Waals surface area contributed by atoms with E-state index in [1.807, 2.05) is 13.8 Å². The van der Waals surface area contributed by atoms with Gasteiger partial charge in [0.2, 0.25) is 11.5 Å². The van der Waals surface area contributed by atoms with Crippen LogP contribution in [0.25, 0.3) is 11.0 Å². The molecule has 2 aromatic heterocycles. The lowest BCUT2D eigenvalue weighted by atomic mass is 9.89. The number of nitrogens with one attached hydrogen (secondary N) is 1. The summed E-state index contributed by atoms with van der Waals surface area (Å²) in [6, 6.07) is -0.00640. The van der Waals surface area contributed by atoms with Gasteiger partial charge in [0.15, 0.2) is 5.65 Å². The number of anilines is 1. The molecule has 2 aliphatic heterocycles. The van der Waals surface area contributed by atoms with E-state index in [0.29, 0.717) is 47.8 Å². The lowest BCUT2D eigenvalue weighted by molar-refractivity contribution is -0.145. The third-order valence-electron chi connectivity index (χ3n) is 6.17. The average molecular weight is 480 g/mol. The molecule has 2 amide bonds. The minimum absolute atomic E-state index is 0.00640. The lowest BCUT2D eigenvalue weighted by Crippen LogP contribution is -2.47. The maximum absolute atomic E-state index is 12.1. The monoisotopic (exact) mass is 479 g/mol. The first kappa shape index (κ1) is 23.3. The molecule has 4 heterocycles. The zero-order valence-electron chi connectivity index (χ0n) is 18.6. The highest BCUT2D eigenvalue weighted by Crippen LogP contribution is 2.45. The number of oxime groups is 1. The first-order valence-corrected chi connectivity index (χ1v) is 12.6. The lowest BCUT2D eigenvalue weighted by Gasteiger charge is -2.39. The Balaban J connectivity index is 1.75. The number of primary amides is 2. The molecule has 2 aromatic rings. The first-order chi connectivity index (χ1) is 15.5. The van der Waals surface area contributed by atoms with Crippen LogP contribution in [0, 0.1) is 6.92 Å². The quantitative estimate of drug-likeness (QED) is 0.392. The largest absolute Gasteiger partial charge is 0.381 e. The Morgan fingerprint density at radius 3 is 2.64 bits per heavy atom. The molecule has 1 saturated heterocycles. The van der Waals surface area contributed by atoms with Gasteiger partial charge in [0.1, 0.15) is 0 Å². The van der Waals surface area contributed by atoms with E-state index >= 15 is 0 Å². The van der Waals surface area contributed by atoms with Crippen LogP contribution in [0.5, 0.6) is 0 Å². The van der Waals surface area contributed by atoms with Crippen molar-refractivity contribution < 1.29 is 23.5 Å². The summed E-state index contributed by atoms with van der Waals surface area (Å²) >= 11 is 0. The molecule has 1 atom stereocenters. The van der Waals surface area contributed by atoms with Gasteiger partial charge < -0.3 is 21.6 Å². The molecule has 1 fully saturated rings. The predicted octanol–water partition coefficient (Wildman–Crippen LogP) is 1.31. The normalized spacial score (nSPS) is 23.7. The number of carbonyl (C=O) groups excluding carboxylic acids is 2. The van der Waals surface area contributed by atoms with Crippen molar-refractivity contribution in [2.24, 2.45) is 16.6 Å². The van der Waals surface area contributed by atoms with E-state index in [0.717, 1.165) is 16.8 Å². The highest BCUT2D eigenvalue weighted by Gasteiger charge is 2.47. The number of hydrogen-bond donors (Lipinski definition) is 5. The van der Waals surface area contributed by atoms with E-state index < -0.39 is 28.0 Å². The molecule has 0 aromatic carbocycles. The second-order valence-electron chi connectivity index (χ2n) is 8.58. The van der Waals surface area contributed by atoms with Crippen LogP contribution in [0.2, 0.25) is 0 Å². The maximum Gasteiger partial charge on any atom is 0.265 e. The van der Waals surface area contributed by atoms with Crippen LogP contribution in [-0.2, 0) is 21.0 Å². The van der Waals surface area contributed by atoms with E-state index in [1.54, 1.807) is 10.9 Å². The fourth-order valence-electron chi connectivity index (χ4n) is 4.38. The highest BCUT2D eigenvalue weighted by atomic mass is 32.3. The zero-order valence-corrected chi connectivity index (χ0v) is 19.4. The van der Waals surface area contributed by atoms with Crippen molar-refractivity contribution >= 4 is 44.8 Å². The van der Waals surface area contributed by atoms with Crippen molar-refractivity contribution in [2.75, 3.05) is 16.8 Å². The SMILES string of the molecule is CCn1nc(C)c2c(NC3CCS(O)(O)CC3)c(C3=NOC(CC(N)=O)(C(N)=O)C3)cnc21. The standard InChI is InChI=1S/C20H29N7O5S/c1-3-27-18-16(11(2)25-27)17(24-12-4-6-33(30,31)7-5-12)13(10-23-18)14-8-20(19(22)29,32-26-14)9-15(21)28/h10,12,30-31H,3-9H2,1-2H3,(H2,21,28)(H2,22,29)(H,23,24). The second-order valence-corrected chi connectivity index (χ2v) is 11.0. The number of nitrogens with two attached hydrogens (primary N) is 2. The summed E-state index contributed by atoms with van der Waals surface area (Å²) in [5.74, 6) is -0.890. The average Bonchev–Trinajstić information content (AvgIpc) is 3.31. The van der Waals surface area contributed by atoms with Gasteiger partial charge in [0.05, 0.1) is 28.9 Å². The molecule has 2 aliphatic rings. The molecular weight excluding hydrogens is 450 g/mol. The van der Waals surface area contributed by atoms with Crippen molar-refractivity contribution in [3.8, 4) is 0 Å². The molecule has 1 unspecified atom stereocenters. The van der Waals surface area contributed by atoms with Gasteiger partial charge in [0.25, 0.3) is 5.91 Å². The van der Waals surface area contributed by atoms with Crippen LogP contribution in [0.1, 0.15) is 43.9 Å². The van der Waals surface area contributed by atoms with Crippen LogP contribution in [0.15, 0.2) is 11.4 Å². The summed E-state index contributed by atoms with van der Waals surface area (Å²) < 4.78 is 21.8. The number of fused-ring (bicyclic) bond motifs is 1. The second kappa shape index (κ2) is 8.47. The van der Waals surface area contributed by atoms with Gasteiger partial charge in [-0.15, -0.1) is 0 Å². The minimum atomic E-state index is -2.53. The van der Waals surface area contributed by atoms with E-state index in [-0.39, 0.29) is 18.9 Å². The molecule has 0 spiro atoms. The predicted molar refractivity (Wildman–Crippen MR) is 125 cm³/mol. The van der Waals surface area contributed by atoms with Crippen LogP contribution in [0.4, 0.5) is 5.69 Å². The van der Waals surface area contributed by atoms with Crippen LogP contribution < -0.4 is 16.8 Å². The highest BCUT2D eigenvalue weighted by molar-refractivity contribution is 8.24. The molecule has 0 saturated carbocycles. The molecular formula is C20H29N7O5S. The first-order valence-electron chi connectivity index (χ1n) is 10.7. The Morgan fingerprint density at radius 2 is 2.03 bits per heavy atom. The van der Waals surface area contributed by atoms with Crippen molar-refractivity contribution in [2.45, 2.75) is 57.7 Å². The van der Waals surface area contributed by atoms with Crippen molar-refractivity contribution in [3.05, 3.63) is 17.5 Å². The summed E-state index contributed by atoms with van der Waals surface area (Å²) in [5, 5.41) is 13.0. The molecule has 4 rings (SSSR count).